The fourth-order valence-corrected chi connectivity index (χ4v) is 3.85. The maximum atomic E-state index is 11.1. The molecule has 0 amide bonds. The number of likely N-dealkylation sites (tertiary alicyclic amines) is 1. The van der Waals surface area contributed by atoms with Gasteiger partial charge in [0.05, 0.1) is 12.5 Å². The highest BCUT2D eigenvalue weighted by Gasteiger charge is 2.39. The van der Waals surface area contributed by atoms with Gasteiger partial charge in [-0.15, -0.1) is 0 Å². The Morgan fingerprint density at radius 1 is 1.23 bits per heavy atom. The first-order valence-corrected chi connectivity index (χ1v) is 10.8. The molecule has 2 aromatic carbocycles. The monoisotopic (exact) mass is 427 g/mol. The molecule has 1 N–H and O–H groups in total. The van der Waals surface area contributed by atoms with Crippen molar-refractivity contribution in [3.8, 4) is 5.75 Å². The van der Waals surface area contributed by atoms with Crippen LogP contribution in [0, 0.1) is 11.8 Å². The molecule has 5 heteroatoms. The first-order valence-electron chi connectivity index (χ1n) is 10.4. The minimum absolute atomic E-state index is 0.0946. The van der Waals surface area contributed by atoms with Gasteiger partial charge in [0, 0.05) is 24.2 Å². The van der Waals surface area contributed by atoms with Crippen LogP contribution in [0.5, 0.6) is 5.75 Å². The van der Waals surface area contributed by atoms with Gasteiger partial charge in [0.2, 0.25) is 0 Å². The van der Waals surface area contributed by atoms with Crippen LogP contribution in [0.1, 0.15) is 31.9 Å². The van der Waals surface area contributed by atoms with Gasteiger partial charge in [-0.25, -0.2) is 0 Å². The molecule has 3 atom stereocenters. The van der Waals surface area contributed by atoms with Gasteiger partial charge in [-0.2, -0.15) is 0 Å². The summed E-state index contributed by atoms with van der Waals surface area (Å²) in [5.74, 6) is 0.338. The summed E-state index contributed by atoms with van der Waals surface area (Å²) in [5.41, 5.74) is 3.60. The molecule has 3 rings (SSSR count). The fraction of sp³-hybridized carbons (Fsp3) is 0.400. The molecule has 2 unspecified atom stereocenters. The Morgan fingerprint density at radius 3 is 2.50 bits per heavy atom. The van der Waals surface area contributed by atoms with E-state index < -0.39 is 5.97 Å². The summed E-state index contributed by atoms with van der Waals surface area (Å²) >= 11 is 5.94. The normalized spacial score (nSPS) is 20.5. The van der Waals surface area contributed by atoms with Crippen LogP contribution in [0.25, 0.3) is 5.57 Å². The molecule has 1 fully saturated rings. The van der Waals surface area contributed by atoms with Gasteiger partial charge in [0.25, 0.3) is 0 Å². The first-order chi connectivity index (χ1) is 14.3. The summed E-state index contributed by atoms with van der Waals surface area (Å²) < 4.78 is 5.96. The minimum Gasteiger partial charge on any atom is -0.493 e. The van der Waals surface area contributed by atoms with E-state index in [2.05, 4.69) is 49.1 Å². The lowest BCUT2D eigenvalue weighted by atomic mass is 9.90. The smallest absolute Gasteiger partial charge is 0.309 e. The molecule has 2 aromatic rings. The summed E-state index contributed by atoms with van der Waals surface area (Å²) in [6.45, 7) is 8.31. The van der Waals surface area contributed by atoms with Gasteiger partial charge in [-0.1, -0.05) is 48.9 Å². The van der Waals surface area contributed by atoms with E-state index in [0.717, 1.165) is 29.3 Å². The number of hydrogen-bond donors (Lipinski definition) is 1. The Kier molecular flexibility index (Phi) is 7.57. The van der Waals surface area contributed by atoms with E-state index in [1.54, 1.807) is 0 Å². The summed E-state index contributed by atoms with van der Waals surface area (Å²) in [6.07, 6.45) is 3.12. The zero-order valence-corrected chi connectivity index (χ0v) is 18.6. The zero-order chi connectivity index (χ0) is 21.7. The number of carbonyl (C=O) groups is 1. The lowest BCUT2D eigenvalue weighted by Crippen LogP contribution is -2.57. The molecule has 1 saturated heterocycles. The number of benzene rings is 2. The van der Waals surface area contributed by atoms with Crippen molar-refractivity contribution < 1.29 is 14.6 Å². The van der Waals surface area contributed by atoms with Gasteiger partial charge in [-0.05, 0) is 67.2 Å². The van der Waals surface area contributed by atoms with Crippen LogP contribution in [-0.2, 0) is 11.2 Å². The van der Waals surface area contributed by atoms with Gasteiger partial charge in [0.1, 0.15) is 5.75 Å². The summed E-state index contributed by atoms with van der Waals surface area (Å²) in [7, 11) is 0. The molecule has 4 nitrogen and oxygen atoms in total. The first kappa shape index (κ1) is 22.4. The number of rotatable bonds is 9. The molecular weight excluding hydrogens is 398 g/mol. The number of halogens is 1. The molecule has 0 spiro atoms. The summed E-state index contributed by atoms with van der Waals surface area (Å²) in [5, 5.41) is 9.87. The molecule has 160 valence electrons. The van der Waals surface area contributed by atoms with Gasteiger partial charge >= 0.3 is 5.97 Å². The Labute approximate surface area is 184 Å². The topological polar surface area (TPSA) is 49.8 Å². The number of nitrogens with zero attached hydrogens (tertiary/aromatic N) is 1. The zero-order valence-electron chi connectivity index (χ0n) is 17.8. The molecule has 0 aliphatic carbocycles. The highest BCUT2D eigenvalue weighted by Crippen LogP contribution is 2.26. The molecule has 30 heavy (non-hydrogen) atoms. The second kappa shape index (κ2) is 10.1. The fourth-order valence-electron chi connectivity index (χ4n) is 3.72. The number of ether oxygens (including phenoxy) is 1. The summed E-state index contributed by atoms with van der Waals surface area (Å²) in [6, 6.07) is 16.2. The van der Waals surface area contributed by atoms with Crippen LogP contribution in [0.3, 0.4) is 0 Å². The third kappa shape index (κ3) is 5.87. The third-order valence-electron chi connectivity index (χ3n) is 5.88. The second-order valence-corrected chi connectivity index (χ2v) is 8.73. The maximum absolute atomic E-state index is 11.1. The average molecular weight is 428 g/mol. The van der Waals surface area contributed by atoms with Crippen LogP contribution in [0.4, 0.5) is 0 Å². The quantitative estimate of drug-likeness (QED) is 0.581. The van der Waals surface area contributed by atoms with Gasteiger partial charge in [-0.3, -0.25) is 9.69 Å². The van der Waals surface area contributed by atoms with Crippen LogP contribution < -0.4 is 4.74 Å². The van der Waals surface area contributed by atoms with Crippen molar-refractivity contribution in [3.05, 3.63) is 70.8 Å². The van der Waals surface area contributed by atoms with E-state index in [9.17, 15) is 4.79 Å². The van der Waals surface area contributed by atoms with Crippen molar-refractivity contribution in [1.82, 2.24) is 4.90 Å². The second-order valence-electron chi connectivity index (χ2n) is 8.30. The average Bonchev–Trinajstić information content (AvgIpc) is 2.72. The Hall–Kier alpha value is -2.30. The van der Waals surface area contributed by atoms with Crippen molar-refractivity contribution >= 4 is 23.1 Å². The lowest BCUT2D eigenvalue weighted by Gasteiger charge is -2.43. The predicted molar refractivity (Wildman–Crippen MR) is 122 cm³/mol. The number of carboxylic acid groups (broad SMARTS) is 1. The highest BCUT2D eigenvalue weighted by molar-refractivity contribution is 6.30. The molecular formula is C25H30ClNO3. The molecule has 0 saturated carbocycles. The maximum Gasteiger partial charge on any atom is 0.309 e. The predicted octanol–water partition coefficient (Wildman–Crippen LogP) is 5.41. The van der Waals surface area contributed by atoms with E-state index in [-0.39, 0.29) is 12.0 Å². The van der Waals surface area contributed by atoms with Crippen molar-refractivity contribution in [2.24, 2.45) is 11.8 Å². The van der Waals surface area contributed by atoms with Crippen molar-refractivity contribution in [2.75, 3.05) is 19.7 Å². The minimum atomic E-state index is -0.697. The highest BCUT2D eigenvalue weighted by atomic mass is 35.5. The molecule has 1 heterocycles. The van der Waals surface area contributed by atoms with E-state index in [0.29, 0.717) is 19.1 Å². The Balaban J connectivity index is 1.46. The van der Waals surface area contributed by atoms with Crippen molar-refractivity contribution in [3.63, 3.8) is 0 Å². The largest absolute Gasteiger partial charge is 0.493 e. The number of aliphatic carboxylic acids is 1. The van der Waals surface area contributed by atoms with Crippen LogP contribution in [-0.4, -0.2) is 41.7 Å². The van der Waals surface area contributed by atoms with Crippen LogP contribution >= 0.6 is 11.6 Å². The third-order valence-corrected chi connectivity index (χ3v) is 6.13. The molecule has 0 bridgehead atoms. The van der Waals surface area contributed by atoms with E-state index in [4.69, 9.17) is 21.4 Å². The van der Waals surface area contributed by atoms with E-state index >= 15 is 0 Å². The summed E-state index contributed by atoms with van der Waals surface area (Å²) in [4.78, 5) is 13.3. The molecule has 1 aliphatic heterocycles. The van der Waals surface area contributed by atoms with Crippen molar-refractivity contribution in [2.45, 2.75) is 33.2 Å². The number of carboxylic acids is 1. The number of allylic oxidation sites excluding steroid dienone is 1. The lowest BCUT2D eigenvalue weighted by molar-refractivity contribution is -0.151. The van der Waals surface area contributed by atoms with E-state index in [1.165, 1.54) is 11.1 Å². The van der Waals surface area contributed by atoms with E-state index in [1.807, 2.05) is 31.2 Å². The standard InChI is InChI=1S/C25H30ClNO3/c1-17(14-20-4-8-22(26)9-5-20)16-30-23-10-6-21(7-11-23)18(2)12-13-27-15-24(19(27)3)25(28)29/h4-12,17,19,24H,13-16H2,1-3H3,(H,28,29)/t17-,19?,24?/m0/s1. The molecule has 0 radical (unpaired) electrons. The van der Waals surface area contributed by atoms with Crippen LogP contribution in [0.15, 0.2) is 54.6 Å². The molecule has 1 aliphatic rings. The SMILES string of the molecule is CC(=CCN1CC(C(=O)O)C1C)c1ccc(OC[C@@H](C)Cc2ccc(Cl)cc2)cc1. The van der Waals surface area contributed by atoms with Gasteiger partial charge in [0.15, 0.2) is 0 Å². The Morgan fingerprint density at radius 2 is 1.90 bits per heavy atom. The van der Waals surface area contributed by atoms with Gasteiger partial charge < -0.3 is 9.84 Å². The number of hydrogen-bond acceptors (Lipinski definition) is 3. The molecule has 0 aromatic heterocycles. The Bertz CT molecular complexity index is 876. The van der Waals surface area contributed by atoms with Crippen LogP contribution in [0.2, 0.25) is 5.02 Å². The van der Waals surface area contributed by atoms with Crippen molar-refractivity contribution in [1.29, 1.82) is 0 Å².